The van der Waals surface area contributed by atoms with Gasteiger partial charge in [-0.15, -0.1) is 0 Å². The molecule has 0 bridgehead atoms. The van der Waals surface area contributed by atoms with Crippen molar-refractivity contribution >= 4 is 11.0 Å². The van der Waals surface area contributed by atoms with Crippen LogP contribution in [0.1, 0.15) is 25.7 Å². The minimum absolute atomic E-state index is 0.465. The van der Waals surface area contributed by atoms with E-state index in [2.05, 4.69) is 0 Å². The maximum atomic E-state index is 10.4. The summed E-state index contributed by atoms with van der Waals surface area (Å²) in [5, 5.41) is 5.08. The van der Waals surface area contributed by atoms with E-state index in [9.17, 15) is 4.21 Å². The van der Waals surface area contributed by atoms with Crippen LogP contribution in [0.3, 0.4) is 0 Å². The number of ether oxygens (including phenoxy) is 1. The smallest absolute Gasteiger partial charge is 0.0911 e. The molecule has 0 spiro atoms. The largest absolute Gasteiger partial charge is 0.380 e. The molecule has 72 valence electrons. The third kappa shape index (κ3) is 4.18. The lowest BCUT2D eigenvalue weighted by Gasteiger charge is -2.08. The Labute approximate surface area is 76.3 Å². The van der Waals surface area contributed by atoms with Crippen LogP contribution in [-0.4, -0.2) is 23.2 Å². The topological polar surface area (TPSA) is 52.3 Å². The maximum Gasteiger partial charge on any atom is 0.0911 e. The monoisotopic (exact) mass is 191 g/mol. The van der Waals surface area contributed by atoms with Crippen LogP contribution in [0.2, 0.25) is 0 Å². The molecular weight excluding hydrogens is 174 g/mol. The van der Waals surface area contributed by atoms with Gasteiger partial charge in [0.05, 0.1) is 23.3 Å². The van der Waals surface area contributed by atoms with E-state index in [1.807, 2.05) is 0 Å². The van der Waals surface area contributed by atoms with Crippen LogP contribution in [-0.2, 0) is 15.7 Å². The number of rotatable bonds is 5. The van der Waals surface area contributed by atoms with Gasteiger partial charge in [0.1, 0.15) is 0 Å². The van der Waals surface area contributed by atoms with Crippen molar-refractivity contribution in [3.8, 4) is 0 Å². The Morgan fingerprint density at radius 2 is 2.08 bits per heavy atom. The molecule has 0 radical (unpaired) electrons. The average Bonchev–Trinajstić information content (AvgIpc) is 2.49. The van der Waals surface area contributed by atoms with E-state index in [0.29, 0.717) is 12.4 Å². The third-order valence-corrected chi connectivity index (χ3v) is 2.83. The summed E-state index contributed by atoms with van der Waals surface area (Å²) >= 11 is 0. The average molecular weight is 191 g/mol. The van der Waals surface area contributed by atoms with Crippen LogP contribution in [0.15, 0.2) is 0 Å². The van der Waals surface area contributed by atoms with Gasteiger partial charge in [-0.1, -0.05) is 12.8 Å². The number of hydrogen-bond donors (Lipinski definition) is 1. The van der Waals surface area contributed by atoms with Crippen molar-refractivity contribution in [1.29, 1.82) is 0 Å². The molecule has 1 aliphatic rings. The first kappa shape index (κ1) is 10.2. The van der Waals surface area contributed by atoms with Gasteiger partial charge in [0.25, 0.3) is 0 Å². The summed E-state index contributed by atoms with van der Waals surface area (Å²) in [6.45, 7) is 1.37. The van der Waals surface area contributed by atoms with E-state index < -0.39 is 11.0 Å². The maximum absolute atomic E-state index is 10.4. The van der Waals surface area contributed by atoms with Crippen molar-refractivity contribution < 1.29 is 8.95 Å². The molecule has 1 saturated carbocycles. The highest BCUT2D eigenvalue weighted by atomic mass is 32.2. The highest BCUT2D eigenvalue weighted by Gasteiger charge is 2.14. The Morgan fingerprint density at radius 3 is 2.67 bits per heavy atom. The first-order chi connectivity index (χ1) is 5.79. The van der Waals surface area contributed by atoms with E-state index in [4.69, 9.17) is 9.88 Å². The molecule has 1 rings (SSSR count). The van der Waals surface area contributed by atoms with Crippen molar-refractivity contribution in [1.82, 2.24) is 0 Å². The molecule has 0 aliphatic heterocycles. The summed E-state index contributed by atoms with van der Waals surface area (Å²) in [5.74, 6) is 1.21. The van der Waals surface area contributed by atoms with Crippen molar-refractivity contribution in [2.24, 2.45) is 11.1 Å². The van der Waals surface area contributed by atoms with Gasteiger partial charge in [-0.3, -0.25) is 5.14 Å². The van der Waals surface area contributed by atoms with Gasteiger partial charge >= 0.3 is 0 Å². The Bertz CT molecular complexity index is 146. The van der Waals surface area contributed by atoms with E-state index in [1.165, 1.54) is 25.7 Å². The lowest BCUT2D eigenvalue weighted by molar-refractivity contribution is 0.114. The first-order valence-electron chi connectivity index (χ1n) is 4.49. The molecule has 1 atom stereocenters. The summed E-state index contributed by atoms with van der Waals surface area (Å²) in [4.78, 5) is 0. The van der Waals surface area contributed by atoms with Gasteiger partial charge in [-0.25, -0.2) is 4.21 Å². The fourth-order valence-corrected chi connectivity index (χ4v) is 1.85. The van der Waals surface area contributed by atoms with E-state index in [1.54, 1.807) is 0 Å². The number of hydrogen-bond acceptors (Lipinski definition) is 2. The Kier molecular flexibility index (Phi) is 4.80. The molecule has 1 unspecified atom stereocenters. The molecule has 2 N–H and O–H groups in total. The highest BCUT2D eigenvalue weighted by Crippen LogP contribution is 2.24. The Balaban J connectivity index is 1.91. The zero-order valence-electron chi connectivity index (χ0n) is 7.33. The van der Waals surface area contributed by atoms with Gasteiger partial charge in [0.2, 0.25) is 0 Å². The van der Waals surface area contributed by atoms with Crippen LogP contribution < -0.4 is 5.14 Å². The molecule has 1 fully saturated rings. The van der Waals surface area contributed by atoms with E-state index in [0.717, 1.165) is 12.5 Å². The second-order valence-corrected chi connectivity index (χ2v) is 4.48. The SMILES string of the molecule is NS(=O)CCOCC1CCCC1. The molecule has 0 saturated heterocycles. The summed E-state index contributed by atoms with van der Waals surface area (Å²) in [7, 11) is -1.19. The Hall–Kier alpha value is 0.0700. The molecule has 12 heavy (non-hydrogen) atoms. The normalized spacial score (nSPS) is 21.4. The van der Waals surface area contributed by atoms with Gasteiger partial charge in [-0.05, 0) is 18.8 Å². The fourth-order valence-electron chi connectivity index (χ4n) is 1.57. The zero-order valence-corrected chi connectivity index (χ0v) is 8.15. The molecule has 4 heteroatoms. The van der Waals surface area contributed by atoms with E-state index in [-0.39, 0.29) is 0 Å². The minimum atomic E-state index is -1.19. The highest BCUT2D eigenvalue weighted by molar-refractivity contribution is 7.82. The summed E-state index contributed by atoms with van der Waals surface area (Å²) < 4.78 is 15.8. The molecule has 0 aromatic heterocycles. The predicted molar refractivity (Wildman–Crippen MR) is 50.0 cm³/mol. The lowest BCUT2D eigenvalue weighted by Crippen LogP contribution is -2.15. The minimum Gasteiger partial charge on any atom is -0.380 e. The summed E-state index contributed by atoms with van der Waals surface area (Å²) in [6.07, 6.45) is 5.28. The van der Waals surface area contributed by atoms with Crippen molar-refractivity contribution in [2.45, 2.75) is 25.7 Å². The van der Waals surface area contributed by atoms with Crippen molar-refractivity contribution in [2.75, 3.05) is 19.0 Å². The second-order valence-electron chi connectivity index (χ2n) is 3.31. The molecule has 0 amide bonds. The summed E-state index contributed by atoms with van der Waals surface area (Å²) in [5.41, 5.74) is 0. The predicted octanol–water partition coefficient (Wildman–Crippen LogP) is 0.816. The van der Waals surface area contributed by atoms with Crippen LogP contribution in [0, 0.1) is 5.92 Å². The van der Waals surface area contributed by atoms with Gasteiger partial charge in [0.15, 0.2) is 0 Å². The van der Waals surface area contributed by atoms with Gasteiger partial charge in [-0.2, -0.15) is 0 Å². The fraction of sp³-hybridized carbons (Fsp3) is 1.00. The zero-order chi connectivity index (χ0) is 8.81. The van der Waals surface area contributed by atoms with Gasteiger partial charge in [0, 0.05) is 6.61 Å². The Morgan fingerprint density at radius 1 is 1.42 bits per heavy atom. The van der Waals surface area contributed by atoms with Gasteiger partial charge < -0.3 is 4.74 Å². The lowest BCUT2D eigenvalue weighted by atomic mass is 10.1. The molecule has 3 nitrogen and oxygen atoms in total. The number of nitrogens with two attached hydrogens (primary N) is 1. The first-order valence-corrected chi connectivity index (χ1v) is 5.88. The second kappa shape index (κ2) is 5.67. The van der Waals surface area contributed by atoms with E-state index >= 15 is 0 Å². The quantitative estimate of drug-likeness (QED) is 0.654. The standard InChI is InChI=1S/C8H17NO2S/c9-12(10)6-5-11-7-8-3-1-2-4-8/h8H,1-7,9H2. The van der Waals surface area contributed by atoms with Crippen molar-refractivity contribution in [3.63, 3.8) is 0 Å². The van der Waals surface area contributed by atoms with Crippen molar-refractivity contribution in [3.05, 3.63) is 0 Å². The third-order valence-electron chi connectivity index (χ3n) is 2.26. The van der Waals surface area contributed by atoms with Crippen LogP contribution in [0.5, 0.6) is 0 Å². The van der Waals surface area contributed by atoms with Crippen LogP contribution in [0.4, 0.5) is 0 Å². The van der Waals surface area contributed by atoms with Crippen LogP contribution >= 0.6 is 0 Å². The molecule has 1 aliphatic carbocycles. The molecule has 0 aromatic rings. The molecule has 0 heterocycles. The summed E-state index contributed by atoms with van der Waals surface area (Å²) in [6, 6.07) is 0. The molecular formula is C8H17NO2S. The molecule has 0 aromatic carbocycles. The van der Waals surface area contributed by atoms with Crippen LogP contribution in [0.25, 0.3) is 0 Å².